The number of aromatic amines is 1. The van der Waals surface area contributed by atoms with Gasteiger partial charge in [-0.25, -0.2) is 0 Å². The maximum absolute atomic E-state index is 12.5. The molecule has 0 bridgehead atoms. The SMILES string of the molecule is CN1C(=O)CCc2cc(C(=O)Nc3ccc4cn[nH]c4c3)ccc21. The van der Waals surface area contributed by atoms with Crippen LogP contribution in [0, 0.1) is 0 Å². The number of anilines is 2. The van der Waals surface area contributed by atoms with Gasteiger partial charge in [0.25, 0.3) is 5.91 Å². The number of aryl methyl sites for hydroxylation is 1. The van der Waals surface area contributed by atoms with Crippen LogP contribution in [0.25, 0.3) is 10.9 Å². The molecule has 3 aromatic rings. The van der Waals surface area contributed by atoms with Crippen LogP contribution in [0.4, 0.5) is 11.4 Å². The lowest BCUT2D eigenvalue weighted by Crippen LogP contribution is -2.31. The highest BCUT2D eigenvalue weighted by atomic mass is 16.2. The third kappa shape index (κ3) is 2.42. The summed E-state index contributed by atoms with van der Waals surface area (Å²) in [4.78, 5) is 25.9. The lowest BCUT2D eigenvalue weighted by molar-refractivity contribution is -0.118. The first kappa shape index (κ1) is 14.4. The topological polar surface area (TPSA) is 78.1 Å². The summed E-state index contributed by atoms with van der Waals surface area (Å²) in [7, 11) is 1.76. The van der Waals surface area contributed by atoms with Crippen LogP contribution in [0.15, 0.2) is 42.6 Å². The van der Waals surface area contributed by atoms with Crippen molar-refractivity contribution in [1.82, 2.24) is 10.2 Å². The number of rotatable bonds is 2. The minimum Gasteiger partial charge on any atom is -0.322 e. The van der Waals surface area contributed by atoms with E-state index in [-0.39, 0.29) is 11.8 Å². The number of nitrogens with one attached hydrogen (secondary N) is 2. The molecule has 0 radical (unpaired) electrons. The molecule has 2 aromatic carbocycles. The molecule has 0 saturated carbocycles. The fourth-order valence-corrected chi connectivity index (χ4v) is 3.02. The van der Waals surface area contributed by atoms with Gasteiger partial charge in [-0.05, 0) is 48.4 Å². The van der Waals surface area contributed by atoms with Gasteiger partial charge in [-0.2, -0.15) is 5.10 Å². The van der Waals surface area contributed by atoms with Gasteiger partial charge in [0, 0.05) is 35.8 Å². The average Bonchev–Trinajstić information content (AvgIpc) is 3.05. The Hall–Kier alpha value is -3.15. The zero-order valence-electron chi connectivity index (χ0n) is 13.2. The molecule has 6 heteroatoms. The van der Waals surface area contributed by atoms with Crippen LogP contribution in [0.2, 0.25) is 0 Å². The maximum Gasteiger partial charge on any atom is 0.255 e. The number of H-pyrrole nitrogens is 1. The summed E-state index contributed by atoms with van der Waals surface area (Å²) < 4.78 is 0. The van der Waals surface area contributed by atoms with E-state index in [4.69, 9.17) is 0 Å². The van der Waals surface area contributed by atoms with E-state index in [9.17, 15) is 9.59 Å². The number of aromatic nitrogens is 2. The first-order valence-electron chi connectivity index (χ1n) is 7.76. The second kappa shape index (κ2) is 5.49. The Labute approximate surface area is 138 Å². The fraction of sp³-hybridized carbons (Fsp3) is 0.167. The Morgan fingerprint density at radius 1 is 1.21 bits per heavy atom. The molecular formula is C18H16N4O2. The lowest BCUT2D eigenvalue weighted by Gasteiger charge is -2.26. The van der Waals surface area contributed by atoms with Gasteiger partial charge in [0.2, 0.25) is 5.91 Å². The molecule has 1 aliphatic rings. The second-order valence-corrected chi connectivity index (χ2v) is 5.92. The molecule has 0 aliphatic carbocycles. The van der Waals surface area contributed by atoms with Crippen LogP contribution in [0.3, 0.4) is 0 Å². The monoisotopic (exact) mass is 320 g/mol. The van der Waals surface area contributed by atoms with Gasteiger partial charge in [-0.1, -0.05) is 0 Å². The van der Waals surface area contributed by atoms with E-state index >= 15 is 0 Å². The quantitative estimate of drug-likeness (QED) is 0.762. The van der Waals surface area contributed by atoms with E-state index in [1.807, 2.05) is 30.3 Å². The Morgan fingerprint density at radius 2 is 2.08 bits per heavy atom. The predicted molar refractivity (Wildman–Crippen MR) is 92.2 cm³/mol. The molecule has 0 unspecified atom stereocenters. The lowest BCUT2D eigenvalue weighted by atomic mass is 9.99. The number of carbonyl (C=O) groups is 2. The van der Waals surface area contributed by atoms with Gasteiger partial charge in [-0.15, -0.1) is 0 Å². The molecule has 6 nitrogen and oxygen atoms in total. The Kier molecular flexibility index (Phi) is 3.30. The van der Waals surface area contributed by atoms with Crippen molar-refractivity contribution in [2.75, 3.05) is 17.3 Å². The van der Waals surface area contributed by atoms with Gasteiger partial charge < -0.3 is 10.2 Å². The molecule has 1 aromatic heterocycles. The fourth-order valence-electron chi connectivity index (χ4n) is 3.02. The zero-order chi connectivity index (χ0) is 16.7. The molecule has 2 amide bonds. The van der Waals surface area contributed by atoms with Gasteiger partial charge in [-0.3, -0.25) is 14.7 Å². The van der Waals surface area contributed by atoms with Crippen molar-refractivity contribution in [3.05, 3.63) is 53.7 Å². The van der Waals surface area contributed by atoms with Crippen molar-refractivity contribution in [1.29, 1.82) is 0 Å². The van der Waals surface area contributed by atoms with Crippen molar-refractivity contribution in [3.8, 4) is 0 Å². The highest BCUT2D eigenvalue weighted by molar-refractivity contribution is 6.06. The standard InChI is InChI=1S/C18H16N4O2/c1-22-16-6-3-12(8-11(16)4-7-17(22)23)18(24)20-14-5-2-13-10-19-21-15(13)9-14/h2-3,5-6,8-10H,4,7H2,1H3,(H,19,21)(H,20,24). The van der Waals surface area contributed by atoms with Crippen LogP contribution in [0.1, 0.15) is 22.3 Å². The first-order chi connectivity index (χ1) is 11.6. The van der Waals surface area contributed by atoms with Crippen LogP contribution >= 0.6 is 0 Å². The summed E-state index contributed by atoms with van der Waals surface area (Å²) in [6.45, 7) is 0. The summed E-state index contributed by atoms with van der Waals surface area (Å²) in [5, 5.41) is 10.7. The normalized spacial score (nSPS) is 13.9. The number of amides is 2. The van der Waals surface area contributed by atoms with Gasteiger partial charge >= 0.3 is 0 Å². The summed E-state index contributed by atoms with van der Waals surface area (Å²) in [5.74, 6) is -0.0659. The third-order valence-corrected chi connectivity index (χ3v) is 4.39. The molecule has 0 atom stereocenters. The molecule has 2 N–H and O–H groups in total. The molecule has 0 saturated heterocycles. The van der Waals surface area contributed by atoms with Gasteiger partial charge in [0.15, 0.2) is 0 Å². The molecule has 0 fully saturated rings. The first-order valence-corrected chi connectivity index (χ1v) is 7.76. The molecular weight excluding hydrogens is 304 g/mol. The number of hydrogen-bond donors (Lipinski definition) is 2. The Balaban J connectivity index is 1.59. The largest absolute Gasteiger partial charge is 0.322 e. The summed E-state index contributed by atoms with van der Waals surface area (Å²) in [5.41, 5.74) is 4.07. The van der Waals surface area contributed by atoms with Crippen molar-refractivity contribution >= 4 is 34.1 Å². The zero-order valence-corrected chi connectivity index (χ0v) is 13.2. The second-order valence-electron chi connectivity index (χ2n) is 5.92. The molecule has 1 aliphatic heterocycles. The Morgan fingerprint density at radius 3 is 2.96 bits per heavy atom. The minimum atomic E-state index is -0.170. The molecule has 0 spiro atoms. The van der Waals surface area contributed by atoms with E-state index in [1.165, 1.54) is 0 Å². The van der Waals surface area contributed by atoms with E-state index in [0.29, 0.717) is 24.1 Å². The van der Waals surface area contributed by atoms with Crippen LogP contribution in [-0.2, 0) is 11.2 Å². The summed E-state index contributed by atoms with van der Waals surface area (Å²) in [6, 6.07) is 11.0. The number of hydrogen-bond acceptors (Lipinski definition) is 3. The van der Waals surface area contributed by atoms with Crippen molar-refractivity contribution in [2.45, 2.75) is 12.8 Å². The smallest absolute Gasteiger partial charge is 0.255 e. The molecule has 24 heavy (non-hydrogen) atoms. The summed E-state index contributed by atoms with van der Waals surface area (Å²) >= 11 is 0. The van der Waals surface area contributed by atoms with E-state index in [1.54, 1.807) is 24.2 Å². The highest BCUT2D eigenvalue weighted by Crippen LogP contribution is 2.28. The van der Waals surface area contributed by atoms with Crippen molar-refractivity contribution in [3.63, 3.8) is 0 Å². The molecule has 120 valence electrons. The Bertz CT molecular complexity index is 961. The average molecular weight is 320 g/mol. The van der Waals surface area contributed by atoms with E-state index in [2.05, 4.69) is 15.5 Å². The predicted octanol–water partition coefficient (Wildman–Crippen LogP) is 2.72. The number of benzene rings is 2. The molecule has 2 heterocycles. The number of nitrogens with zero attached hydrogens (tertiary/aromatic N) is 2. The van der Waals surface area contributed by atoms with Crippen molar-refractivity contribution < 1.29 is 9.59 Å². The highest BCUT2D eigenvalue weighted by Gasteiger charge is 2.21. The van der Waals surface area contributed by atoms with Gasteiger partial charge in [0.05, 0.1) is 11.7 Å². The van der Waals surface area contributed by atoms with E-state index < -0.39 is 0 Å². The maximum atomic E-state index is 12.5. The van der Waals surface area contributed by atoms with Crippen molar-refractivity contribution in [2.24, 2.45) is 0 Å². The van der Waals surface area contributed by atoms with Crippen LogP contribution < -0.4 is 10.2 Å². The van der Waals surface area contributed by atoms with E-state index in [0.717, 1.165) is 22.2 Å². The summed E-state index contributed by atoms with van der Waals surface area (Å²) in [6.07, 6.45) is 2.88. The number of carbonyl (C=O) groups excluding carboxylic acids is 2. The minimum absolute atomic E-state index is 0.104. The van der Waals surface area contributed by atoms with Gasteiger partial charge in [0.1, 0.15) is 0 Å². The van der Waals surface area contributed by atoms with Crippen LogP contribution in [0.5, 0.6) is 0 Å². The molecule has 4 rings (SSSR count). The van der Waals surface area contributed by atoms with Crippen LogP contribution in [-0.4, -0.2) is 29.1 Å². The number of fused-ring (bicyclic) bond motifs is 2. The third-order valence-electron chi connectivity index (χ3n) is 4.39.